The number of carbonyl (C=O) groups excluding carboxylic acids is 1. The molecule has 3 N–H and O–H groups in total. The lowest BCUT2D eigenvalue weighted by atomic mass is 10.1. The Morgan fingerprint density at radius 1 is 1.45 bits per heavy atom. The second-order valence-electron chi connectivity index (χ2n) is 4.83. The van der Waals surface area contributed by atoms with Crippen molar-refractivity contribution in [1.29, 1.82) is 0 Å². The van der Waals surface area contributed by atoms with Crippen LogP contribution in [0.4, 0.5) is 10.5 Å². The monoisotopic (exact) mass is 280 g/mol. The van der Waals surface area contributed by atoms with Crippen molar-refractivity contribution in [3.63, 3.8) is 0 Å². The lowest BCUT2D eigenvalue weighted by Crippen LogP contribution is -2.32. The molecule has 20 heavy (non-hydrogen) atoms. The van der Waals surface area contributed by atoms with Crippen molar-refractivity contribution in [3.8, 4) is 5.75 Å². The topological polar surface area (TPSA) is 70.6 Å². The van der Waals surface area contributed by atoms with Crippen molar-refractivity contribution in [1.82, 2.24) is 5.32 Å². The molecule has 0 bridgehead atoms. The Morgan fingerprint density at radius 3 is 2.95 bits per heavy atom. The zero-order valence-corrected chi connectivity index (χ0v) is 12.2. The first-order valence-electron chi connectivity index (χ1n) is 7.04. The minimum atomic E-state index is -0.248. The number of aliphatic hydroxyl groups is 1. The number of hydrogen-bond acceptors (Lipinski definition) is 3. The van der Waals surface area contributed by atoms with E-state index in [0.29, 0.717) is 25.3 Å². The van der Waals surface area contributed by atoms with E-state index in [1.54, 1.807) is 6.07 Å². The summed E-state index contributed by atoms with van der Waals surface area (Å²) in [6.07, 6.45) is 1.63. The molecule has 0 saturated carbocycles. The van der Waals surface area contributed by atoms with E-state index in [4.69, 9.17) is 9.84 Å². The summed E-state index contributed by atoms with van der Waals surface area (Å²) in [5.74, 6) is 1.00. The number of benzene rings is 1. The van der Waals surface area contributed by atoms with Crippen LogP contribution in [-0.4, -0.2) is 30.9 Å². The fourth-order valence-corrected chi connectivity index (χ4v) is 1.65. The molecule has 112 valence electrons. The van der Waals surface area contributed by atoms with Gasteiger partial charge in [0.25, 0.3) is 0 Å². The summed E-state index contributed by atoms with van der Waals surface area (Å²) in [5, 5.41) is 14.3. The molecule has 1 aromatic rings. The van der Waals surface area contributed by atoms with Crippen molar-refractivity contribution in [2.24, 2.45) is 5.92 Å². The van der Waals surface area contributed by atoms with Gasteiger partial charge in [0, 0.05) is 24.9 Å². The van der Waals surface area contributed by atoms with E-state index in [1.807, 2.05) is 32.0 Å². The number of ether oxygens (including phenoxy) is 1. The van der Waals surface area contributed by atoms with Crippen LogP contribution < -0.4 is 15.4 Å². The van der Waals surface area contributed by atoms with Crippen molar-refractivity contribution in [2.75, 3.05) is 25.1 Å². The maximum atomic E-state index is 11.7. The number of aliphatic hydroxyl groups excluding tert-OH is 1. The zero-order valence-electron chi connectivity index (χ0n) is 12.2. The maximum absolute atomic E-state index is 11.7. The Kier molecular flexibility index (Phi) is 7.50. The van der Waals surface area contributed by atoms with Gasteiger partial charge in [-0.2, -0.15) is 0 Å². The van der Waals surface area contributed by atoms with Crippen LogP contribution in [0.3, 0.4) is 0 Å². The fraction of sp³-hybridized carbons (Fsp3) is 0.533. The summed E-state index contributed by atoms with van der Waals surface area (Å²) in [6, 6.07) is 7.07. The Morgan fingerprint density at radius 2 is 2.25 bits per heavy atom. The second-order valence-corrected chi connectivity index (χ2v) is 4.83. The maximum Gasteiger partial charge on any atom is 0.319 e. The predicted molar refractivity (Wildman–Crippen MR) is 80.1 cm³/mol. The average Bonchev–Trinajstić information content (AvgIpc) is 2.44. The van der Waals surface area contributed by atoms with Crippen molar-refractivity contribution in [3.05, 3.63) is 24.3 Å². The number of nitrogens with one attached hydrogen (secondary N) is 2. The van der Waals surface area contributed by atoms with Crippen molar-refractivity contribution >= 4 is 11.7 Å². The molecule has 0 aliphatic carbocycles. The highest BCUT2D eigenvalue weighted by atomic mass is 16.5. The van der Waals surface area contributed by atoms with Crippen LogP contribution in [0.15, 0.2) is 24.3 Å². The molecule has 2 amide bonds. The summed E-state index contributed by atoms with van der Waals surface area (Å²) >= 11 is 0. The molecule has 1 rings (SSSR count). The molecule has 1 unspecified atom stereocenters. The molecule has 0 aromatic heterocycles. The molecular weight excluding hydrogens is 256 g/mol. The third kappa shape index (κ3) is 6.43. The van der Waals surface area contributed by atoms with E-state index in [1.165, 1.54) is 0 Å². The Balaban J connectivity index is 2.41. The zero-order chi connectivity index (χ0) is 14.8. The minimum Gasteiger partial charge on any atom is -0.494 e. The highest BCUT2D eigenvalue weighted by molar-refractivity contribution is 5.89. The SMILES string of the molecule is CCCOc1cccc(NC(=O)NCC(C)CCO)c1. The molecule has 0 aliphatic heterocycles. The predicted octanol–water partition coefficient (Wildman–Crippen LogP) is 2.62. The molecule has 0 radical (unpaired) electrons. The van der Waals surface area contributed by atoms with E-state index in [2.05, 4.69) is 10.6 Å². The summed E-state index contributed by atoms with van der Waals surface area (Å²) in [7, 11) is 0. The average molecular weight is 280 g/mol. The third-order valence-electron chi connectivity index (χ3n) is 2.80. The first kappa shape index (κ1) is 16.3. The number of amides is 2. The summed E-state index contributed by atoms with van der Waals surface area (Å²) in [4.78, 5) is 11.7. The molecule has 5 heteroatoms. The van der Waals surface area contributed by atoms with Gasteiger partial charge in [-0.15, -0.1) is 0 Å². The Hall–Kier alpha value is -1.75. The van der Waals surface area contributed by atoms with E-state index in [9.17, 15) is 4.79 Å². The molecule has 1 aromatic carbocycles. The van der Waals surface area contributed by atoms with Gasteiger partial charge < -0.3 is 20.5 Å². The van der Waals surface area contributed by atoms with Crippen molar-refractivity contribution in [2.45, 2.75) is 26.7 Å². The van der Waals surface area contributed by atoms with E-state index >= 15 is 0 Å². The van der Waals surface area contributed by atoms with Crippen LogP contribution in [0.2, 0.25) is 0 Å². The van der Waals surface area contributed by atoms with E-state index in [0.717, 1.165) is 12.2 Å². The summed E-state index contributed by atoms with van der Waals surface area (Å²) < 4.78 is 5.51. The molecular formula is C15H24N2O3. The quantitative estimate of drug-likeness (QED) is 0.685. The fourth-order valence-electron chi connectivity index (χ4n) is 1.65. The van der Waals surface area contributed by atoms with Crippen LogP contribution in [-0.2, 0) is 0 Å². The van der Waals surface area contributed by atoms with Gasteiger partial charge in [0.05, 0.1) is 6.61 Å². The highest BCUT2D eigenvalue weighted by Crippen LogP contribution is 2.17. The van der Waals surface area contributed by atoms with Crippen LogP contribution in [0.1, 0.15) is 26.7 Å². The normalized spacial score (nSPS) is 11.8. The van der Waals surface area contributed by atoms with Gasteiger partial charge in [0.15, 0.2) is 0 Å². The Bertz CT molecular complexity index is 410. The van der Waals surface area contributed by atoms with Gasteiger partial charge in [0.1, 0.15) is 5.75 Å². The Labute approximate surface area is 120 Å². The first-order chi connectivity index (χ1) is 9.65. The van der Waals surface area contributed by atoms with Gasteiger partial charge in [-0.1, -0.05) is 19.9 Å². The number of urea groups is 1. The first-order valence-corrected chi connectivity index (χ1v) is 7.04. The van der Waals surface area contributed by atoms with Crippen LogP contribution >= 0.6 is 0 Å². The molecule has 0 heterocycles. The molecule has 0 spiro atoms. The van der Waals surface area contributed by atoms with E-state index in [-0.39, 0.29) is 18.6 Å². The second kappa shape index (κ2) is 9.20. The molecule has 0 fully saturated rings. The van der Waals surface area contributed by atoms with Crippen LogP contribution in [0.25, 0.3) is 0 Å². The van der Waals surface area contributed by atoms with Gasteiger partial charge in [-0.25, -0.2) is 4.79 Å². The van der Waals surface area contributed by atoms with Crippen molar-refractivity contribution < 1.29 is 14.6 Å². The van der Waals surface area contributed by atoms with Gasteiger partial charge >= 0.3 is 6.03 Å². The number of carbonyl (C=O) groups is 1. The minimum absolute atomic E-state index is 0.140. The van der Waals surface area contributed by atoms with E-state index < -0.39 is 0 Å². The number of rotatable bonds is 8. The summed E-state index contributed by atoms with van der Waals surface area (Å²) in [6.45, 7) is 5.37. The van der Waals surface area contributed by atoms with Crippen LogP contribution in [0.5, 0.6) is 5.75 Å². The highest BCUT2D eigenvalue weighted by Gasteiger charge is 2.05. The molecule has 1 atom stereocenters. The number of hydrogen-bond donors (Lipinski definition) is 3. The lowest BCUT2D eigenvalue weighted by Gasteiger charge is -2.12. The van der Waals surface area contributed by atoms with Gasteiger partial charge in [-0.3, -0.25) is 0 Å². The lowest BCUT2D eigenvalue weighted by molar-refractivity contribution is 0.243. The number of anilines is 1. The molecule has 0 saturated heterocycles. The summed E-state index contributed by atoms with van der Waals surface area (Å²) in [5.41, 5.74) is 0.700. The van der Waals surface area contributed by atoms with Gasteiger partial charge in [-0.05, 0) is 30.9 Å². The third-order valence-corrected chi connectivity index (χ3v) is 2.80. The largest absolute Gasteiger partial charge is 0.494 e. The van der Waals surface area contributed by atoms with Gasteiger partial charge in [0.2, 0.25) is 0 Å². The standard InChI is InChI=1S/C15H24N2O3/c1-3-9-20-14-6-4-5-13(10-14)17-15(19)16-11-12(2)7-8-18/h4-6,10,12,18H,3,7-9,11H2,1-2H3,(H2,16,17,19). The van der Waals surface area contributed by atoms with Crippen LogP contribution in [0, 0.1) is 5.92 Å². The molecule has 5 nitrogen and oxygen atoms in total. The molecule has 0 aliphatic rings. The smallest absolute Gasteiger partial charge is 0.319 e.